The SMILES string of the molecule is C1=C(c2ccco2)CC(c2cccs2)C(N2CCC2)=N1. The lowest BCUT2D eigenvalue weighted by Crippen LogP contribution is -2.45. The van der Waals surface area contributed by atoms with Crippen molar-refractivity contribution in [1.82, 2.24) is 4.90 Å². The number of nitrogens with zero attached hydrogens (tertiary/aromatic N) is 2. The summed E-state index contributed by atoms with van der Waals surface area (Å²) in [7, 11) is 0. The number of furan rings is 1. The summed E-state index contributed by atoms with van der Waals surface area (Å²) in [5.41, 5.74) is 1.19. The summed E-state index contributed by atoms with van der Waals surface area (Å²) in [6.07, 6.45) is 5.97. The molecule has 0 spiro atoms. The van der Waals surface area contributed by atoms with E-state index in [1.165, 1.54) is 22.7 Å². The van der Waals surface area contributed by atoms with Crippen molar-refractivity contribution in [2.24, 2.45) is 4.99 Å². The van der Waals surface area contributed by atoms with Crippen LogP contribution < -0.4 is 0 Å². The first-order valence-electron chi connectivity index (χ1n) is 7.01. The Balaban J connectivity index is 1.70. The van der Waals surface area contributed by atoms with Gasteiger partial charge in [0.05, 0.1) is 12.2 Å². The van der Waals surface area contributed by atoms with Gasteiger partial charge in [0.2, 0.25) is 0 Å². The van der Waals surface area contributed by atoms with Gasteiger partial charge >= 0.3 is 0 Å². The van der Waals surface area contributed by atoms with Gasteiger partial charge in [0.15, 0.2) is 0 Å². The first-order valence-corrected chi connectivity index (χ1v) is 7.89. The van der Waals surface area contributed by atoms with Gasteiger partial charge in [-0.1, -0.05) is 6.07 Å². The fraction of sp³-hybridized carbons (Fsp3) is 0.312. The maximum absolute atomic E-state index is 5.53. The van der Waals surface area contributed by atoms with E-state index in [0.717, 1.165) is 25.3 Å². The van der Waals surface area contributed by atoms with Crippen molar-refractivity contribution in [1.29, 1.82) is 0 Å². The van der Waals surface area contributed by atoms with Crippen LogP contribution in [0, 0.1) is 0 Å². The number of hydrogen-bond donors (Lipinski definition) is 0. The molecule has 2 aliphatic rings. The highest BCUT2D eigenvalue weighted by atomic mass is 32.1. The van der Waals surface area contributed by atoms with Gasteiger partial charge in [0, 0.05) is 29.7 Å². The average molecular weight is 284 g/mol. The molecule has 2 aliphatic heterocycles. The van der Waals surface area contributed by atoms with Crippen molar-refractivity contribution < 1.29 is 4.42 Å². The normalized spacial score (nSPS) is 22.2. The lowest BCUT2D eigenvalue weighted by molar-refractivity contribution is 0.290. The predicted octanol–water partition coefficient (Wildman–Crippen LogP) is 3.97. The maximum atomic E-state index is 5.53. The fourth-order valence-electron chi connectivity index (χ4n) is 2.79. The van der Waals surface area contributed by atoms with Crippen molar-refractivity contribution in [3.05, 3.63) is 52.7 Å². The Labute approximate surface area is 122 Å². The van der Waals surface area contributed by atoms with E-state index in [1.54, 1.807) is 6.26 Å². The Morgan fingerprint density at radius 3 is 2.85 bits per heavy atom. The highest BCUT2D eigenvalue weighted by Crippen LogP contribution is 2.37. The molecule has 0 N–H and O–H groups in total. The largest absolute Gasteiger partial charge is 0.465 e. The maximum Gasteiger partial charge on any atom is 0.131 e. The van der Waals surface area contributed by atoms with Gasteiger partial charge in [-0.3, -0.25) is 0 Å². The molecular formula is C16H16N2OS. The van der Waals surface area contributed by atoms with Crippen LogP contribution in [0.3, 0.4) is 0 Å². The monoisotopic (exact) mass is 284 g/mol. The van der Waals surface area contributed by atoms with Gasteiger partial charge in [-0.25, -0.2) is 4.99 Å². The van der Waals surface area contributed by atoms with Gasteiger partial charge in [-0.05, 0) is 36.4 Å². The van der Waals surface area contributed by atoms with Crippen molar-refractivity contribution in [3.63, 3.8) is 0 Å². The summed E-state index contributed by atoms with van der Waals surface area (Å²) < 4.78 is 5.53. The minimum atomic E-state index is 0.375. The molecule has 0 saturated carbocycles. The molecule has 1 unspecified atom stereocenters. The zero-order chi connectivity index (χ0) is 13.4. The summed E-state index contributed by atoms with van der Waals surface area (Å²) >= 11 is 1.82. The number of amidine groups is 1. The van der Waals surface area contributed by atoms with Crippen LogP contribution in [-0.2, 0) is 0 Å². The topological polar surface area (TPSA) is 28.7 Å². The summed E-state index contributed by atoms with van der Waals surface area (Å²) in [5.74, 6) is 2.55. The van der Waals surface area contributed by atoms with E-state index in [0.29, 0.717) is 5.92 Å². The summed E-state index contributed by atoms with van der Waals surface area (Å²) in [6, 6.07) is 8.29. The number of thiophene rings is 1. The van der Waals surface area contributed by atoms with Crippen molar-refractivity contribution in [3.8, 4) is 0 Å². The average Bonchev–Trinajstić information content (AvgIpc) is 3.11. The summed E-state index contributed by atoms with van der Waals surface area (Å²) in [6.45, 7) is 2.29. The van der Waals surface area contributed by atoms with E-state index in [2.05, 4.69) is 22.4 Å². The first kappa shape index (κ1) is 12.0. The molecular weight excluding hydrogens is 268 g/mol. The fourth-order valence-corrected chi connectivity index (χ4v) is 3.61. The molecule has 0 amide bonds. The second-order valence-corrected chi connectivity index (χ2v) is 6.21. The number of aliphatic imine (C=N–C) groups is 1. The van der Waals surface area contributed by atoms with Crippen LogP contribution in [0.5, 0.6) is 0 Å². The van der Waals surface area contributed by atoms with Crippen molar-refractivity contribution >= 4 is 22.7 Å². The van der Waals surface area contributed by atoms with Crippen LogP contribution in [0.1, 0.15) is 29.4 Å². The van der Waals surface area contributed by atoms with Crippen LogP contribution in [0.2, 0.25) is 0 Å². The van der Waals surface area contributed by atoms with Crippen LogP contribution >= 0.6 is 11.3 Å². The quantitative estimate of drug-likeness (QED) is 0.834. The number of likely N-dealkylation sites (tertiary alicyclic amines) is 1. The molecule has 20 heavy (non-hydrogen) atoms. The lowest BCUT2D eigenvalue weighted by atomic mass is 9.92. The molecule has 102 valence electrons. The van der Waals surface area contributed by atoms with Gasteiger partial charge in [0.25, 0.3) is 0 Å². The van der Waals surface area contributed by atoms with E-state index < -0.39 is 0 Å². The second kappa shape index (κ2) is 4.94. The third-order valence-electron chi connectivity index (χ3n) is 3.99. The Bertz CT molecular complexity index is 636. The molecule has 0 bridgehead atoms. The molecule has 4 heteroatoms. The molecule has 0 aromatic carbocycles. The lowest BCUT2D eigenvalue weighted by Gasteiger charge is -2.38. The highest BCUT2D eigenvalue weighted by Gasteiger charge is 2.31. The second-order valence-electron chi connectivity index (χ2n) is 5.23. The van der Waals surface area contributed by atoms with Gasteiger partial charge in [-0.2, -0.15) is 0 Å². The summed E-state index contributed by atoms with van der Waals surface area (Å²) in [4.78, 5) is 8.55. The number of hydrogen-bond acceptors (Lipinski definition) is 4. The Morgan fingerprint density at radius 2 is 2.20 bits per heavy atom. The third-order valence-corrected chi connectivity index (χ3v) is 4.98. The van der Waals surface area contributed by atoms with Gasteiger partial charge in [-0.15, -0.1) is 11.3 Å². The van der Waals surface area contributed by atoms with E-state index in [9.17, 15) is 0 Å². The zero-order valence-corrected chi connectivity index (χ0v) is 12.0. The molecule has 3 nitrogen and oxygen atoms in total. The van der Waals surface area contributed by atoms with Crippen LogP contribution in [0.4, 0.5) is 0 Å². The molecule has 1 fully saturated rings. The summed E-state index contributed by atoms with van der Waals surface area (Å²) in [5, 5.41) is 2.15. The molecule has 1 atom stereocenters. The van der Waals surface area contributed by atoms with E-state index in [1.807, 2.05) is 29.7 Å². The van der Waals surface area contributed by atoms with Crippen molar-refractivity contribution in [2.45, 2.75) is 18.8 Å². The predicted molar refractivity (Wildman–Crippen MR) is 82.0 cm³/mol. The van der Waals surface area contributed by atoms with Crippen molar-refractivity contribution in [2.75, 3.05) is 13.1 Å². The van der Waals surface area contributed by atoms with E-state index in [4.69, 9.17) is 9.41 Å². The van der Waals surface area contributed by atoms with E-state index >= 15 is 0 Å². The molecule has 4 heterocycles. The minimum absolute atomic E-state index is 0.375. The third kappa shape index (κ3) is 2.00. The minimum Gasteiger partial charge on any atom is -0.465 e. The molecule has 2 aromatic heterocycles. The Kier molecular flexibility index (Phi) is 2.96. The number of rotatable bonds is 2. The van der Waals surface area contributed by atoms with Gasteiger partial charge < -0.3 is 9.32 Å². The molecule has 4 rings (SSSR count). The van der Waals surface area contributed by atoms with Crippen LogP contribution in [-0.4, -0.2) is 23.8 Å². The molecule has 0 aliphatic carbocycles. The smallest absolute Gasteiger partial charge is 0.131 e. The first-order chi connectivity index (χ1) is 9.92. The van der Waals surface area contributed by atoms with Crippen LogP contribution in [0.25, 0.3) is 5.57 Å². The highest BCUT2D eigenvalue weighted by molar-refractivity contribution is 7.10. The molecule has 1 saturated heterocycles. The Morgan fingerprint density at radius 1 is 1.25 bits per heavy atom. The van der Waals surface area contributed by atoms with Crippen LogP contribution in [0.15, 0.2) is 51.5 Å². The molecule has 2 aromatic rings. The van der Waals surface area contributed by atoms with E-state index in [-0.39, 0.29) is 0 Å². The Hall–Kier alpha value is -1.81. The molecule has 0 radical (unpaired) electrons. The zero-order valence-electron chi connectivity index (χ0n) is 11.2. The van der Waals surface area contributed by atoms with Gasteiger partial charge in [0.1, 0.15) is 11.6 Å². The number of allylic oxidation sites excluding steroid dienone is 1. The standard InChI is InChI=1S/C16H16N2OS/c1-4-14(19-8-1)12-10-13(15-5-2-9-20-15)16(17-11-12)18-6-3-7-18/h1-2,4-5,8-9,11,13H,3,6-7,10H2.